The Balaban J connectivity index is 3.32. The molecule has 0 radical (unpaired) electrons. The van der Waals surface area contributed by atoms with E-state index in [0.717, 1.165) is 38.9 Å². The van der Waals surface area contributed by atoms with Crippen molar-refractivity contribution in [2.75, 3.05) is 26.2 Å². The fourth-order valence-corrected chi connectivity index (χ4v) is 1.26. The Morgan fingerprint density at radius 2 is 1.92 bits per heavy atom. The summed E-state index contributed by atoms with van der Waals surface area (Å²) in [6, 6.07) is 2.14. The Kier molecular flexibility index (Phi) is 9.07. The fourth-order valence-electron chi connectivity index (χ4n) is 1.26. The Hall–Kier alpha value is -0.590. The van der Waals surface area contributed by atoms with Crippen LogP contribution in [0.4, 0.5) is 0 Å². The molecule has 0 spiro atoms. The van der Waals surface area contributed by atoms with Crippen LogP contribution in [-0.4, -0.2) is 36.2 Å². The highest BCUT2D eigenvalue weighted by atomic mass is 16.3. The number of hydrogen-bond donors (Lipinski definition) is 1. The average Bonchev–Trinajstić information content (AvgIpc) is 2.17. The van der Waals surface area contributed by atoms with Gasteiger partial charge in [0.15, 0.2) is 0 Å². The third-order valence-corrected chi connectivity index (χ3v) is 2.09. The van der Waals surface area contributed by atoms with E-state index in [9.17, 15) is 0 Å². The standard InChI is InChI=1S/C10H20N2O/c1-2-12(9-6-10-13)8-5-3-4-7-11/h13H,2-6,8-10H2,1H3. The smallest absolute Gasteiger partial charge is 0.0621 e. The van der Waals surface area contributed by atoms with Gasteiger partial charge in [0.25, 0.3) is 0 Å². The lowest BCUT2D eigenvalue weighted by atomic mass is 10.2. The maximum Gasteiger partial charge on any atom is 0.0621 e. The van der Waals surface area contributed by atoms with Crippen molar-refractivity contribution in [3.8, 4) is 6.07 Å². The highest BCUT2D eigenvalue weighted by molar-refractivity contribution is 4.68. The van der Waals surface area contributed by atoms with Crippen LogP contribution in [0.25, 0.3) is 0 Å². The molecule has 0 aliphatic heterocycles. The Morgan fingerprint density at radius 1 is 1.23 bits per heavy atom. The largest absolute Gasteiger partial charge is 0.396 e. The van der Waals surface area contributed by atoms with Crippen molar-refractivity contribution < 1.29 is 5.11 Å². The number of hydrogen-bond acceptors (Lipinski definition) is 3. The zero-order valence-electron chi connectivity index (χ0n) is 8.50. The highest BCUT2D eigenvalue weighted by Crippen LogP contribution is 1.98. The van der Waals surface area contributed by atoms with Gasteiger partial charge in [-0.25, -0.2) is 0 Å². The van der Waals surface area contributed by atoms with E-state index >= 15 is 0 Å². The summed E-state index contributed by atoms with van der Waals surface area (Å²) in [5.74, 6) is 0. The van der Waals surface area contributed by atoms with Gasteiger partial charge in [-0.1, -0.05) is 6.92 Å². The average molecular weight is 184 g/mol. The molecule has 0 saturated heterocycles. The number of rotatable bonds is 8. The molecule has 0 rings (SSSR count). The molecule has 0 bridgehead atoms. The minimum absolute atomic E-state index is 0.273. The Bertz CT molecular complexity index is 142. The highest BCUT2D eigenvalue weighted by Gasteiger charge is 2.00. The van der Waals surface area contributed by atoms with Crippen molar-refractivity contribution in [1.29, 1.82) is 5.26 Å². The first kappa shape index (κ1) is 12.4. The van der Waals surface area contributed by atoms with Gasteiger partial charge in [-0.15, -0.1) is 0 Å². The lowest BCUT2D eigenvalue weighted by Gasteiger charge is -2.19. The molecule has 3 nitrogen and oxygen atoms in total. The second kappa shape index (κ2) is 9.50. The van der Waals surface area contributed by atoms with Crippen molar-refractivity contribution in [1.82, 2.24) is 4.90 Å². The zero-order chi connectivity index (χ0) is 9.94. The maximum absolute atomic E-state index is 8.65. The van der Waals surface area contributed by atoms with E-state index in [1.54, 1.807) is 0 Å². The van der Waals surface area contributed by atoms with E-state index in [1.165, 1.54) is 0 Å². The third kappa shape index (κ3) is 7.76. The maximum atomic E-state index is 8.65. The number of nitriles is 1. The van der Waals surface area contributed by atoms with Gasteiger partial charge in [0, 0.05) is 19.6 Å². The molecule has 0 aromatic heterocycles. The van der Waals surface area contributed by atoms with Crippen molar-refractivity contribution in [3.05, 3.63) is 0 Å². The van der Waals surface area contributed by atoms with Crippen LogP contribution in [0.5, 0.6) is 0 Å². The molecule has 0 atom stereocenters. The normalized spacial score (nSPS) is 10.3. The van der Waals surface area contributed by atoms with Crippen LogP contribution in [0.15, 0.2) is 0 Å². The molecule has 0 saturated carbocycles. The van der Waals surface area contributed by atoms with Gasteiger partial charge in [0.2, 0.25) is 0 Å². The summed E-state index contributed by atoms with van der Waals surface area (Å²) in [6.45, 7) is 5.46. The van der Waals surface area contributed by atoms with Gasteiger partial charge in [-0.2, -0.15) is 5.26 Å². The molecule has 0 fully saturated rings. The molecule has 3 heteroatoms. The number of aliphatic hydroxyl groups is 1. The number of nitrogens with zero attached hydrogens (tertiary/aromatic N) is 2. The first-order valence-electron chi connectivity index (χ1n) is 5.05. The van der Waals surface area contributed by atoms with Gasteiger partial charge in [0.05, 0.1) is 6.07 Å². The molecule has 1 N–H and O–H groups in total. The first-order chi connectivity index (χ1) is 6.35. The van der Waals surface area contributed by atoms with Crippen LogP contribution in [0.3, 0.4) is 0 Å². The topological polar surface area (TPSA) is 47.3 Å². The van der Waals surface area contributed by atoms with Gasteiger partial charge in [0.1, 0.15) is 0 Å². The van der Waals surface area contributed by atoms with E-state index in [0.29, 0.717) is 6.42 Å². The molecular formula is C10H20N2O. The zero-order valence-corrected chi connectivity index (χ0v) is 8.50. The molecule has 0 aromatic carbocycles. The van der Waals surface area contributed by atoms with Crippen molar-refractivity contribution in [2.45, 2.75) is 32.6 Å². The summed E-state index contributed by atoms with van der Waals surface area (Å²) in [5, 5.41) is 17.0. The van der Waals surface area contributed by atoms with Crippen LogP contribution in [0, 0.1) is 11.3 Å². The second-order valence-corrected chi connectivity index (χ2v) is 3.13. The predicted molar refractivity (Wildman–Crippen MR) is 53.3 cm³/mol. The van der Waals surface area contributed by atoms with E-state index < -0.39 is 0 Å². The van der Waals surface area contributed by atoms with E-state index in [2.05, 4.69) is 17.9 Å². The molecule has 0 unspecified atom stereocenters. The van der Waals surface area contributed by atoms with Crippen LogP contribution in [0.1, 0.15) is 32.6 Å². The van der Waals surface area contributed by atoms with Gasteiger partial charge in [-0.3, -0.25) is 0 Å². The number of aliphatic hydroxyl groups excluding tert-OH is 1. The summed E-state index contributed by atoms with van der Waals surface area (Å²) < 4.78 is 0. The summed E-state index contributed by atoms with van der Waals surface area (Å²) in [4.78, 5) is 2.31. The monoisotopic (exact) mass is 184 g/mol. The predicted octanol–water partition coefficient (Wildman–Crippen LogP) is 1.38. The molecule has 0 heterocycles. The lowest BCUT2D eigenvalue weighted by molar-refractivity contribution is 0.228. The van der Waals surface area contributed by atoms with Crippen LogP contribution in [0.2, 0.25) is 0 Å². The molecule has 0 aliphatic rings. The molecule has 0 aromatic rings. The minimum Gasteiger partial charge on any atom is -0.396 e. The molecule has 0 amide bonds. The summed E-state index contributed by atoms with van der Waals surface area (Å²) in [6.07, 6.45) is 3.60. The summed E-state index contributed by atoms with van der Waals surface area (Å²) >= 11 is 0. The van der Waals surface area contributed by atoms with Gasteiger partial charge >= 0.3 is 0 Å². The van der Waals surface area contributed by atoms with Crippen LogP contribution < -0.4 is 0 Å². The quantitative estimate of drug-likeness (QED) is 0.580. The lowest BCUT2D eigenvalue weighted by Crippen LogP contribution is -2.26. The molecule has 0 aliphatic carbocycles. The van der Waals surface area contributed by atoms with Crippen LogP contribution >= 0.6 is 0 Å². The first-order valence-corrected chi connectivity index (χ1v) is 5.05. The van der Waals surface area contributed by atoms with Crippen molar-refractivity contribution in [2.24, 2.45) is 0 Å². The third-order valence-electron chi connectivity index (χ3n) is 2.09. The Morgan fingerprint density at radius 3 is 2.46 bits per heavy atom. The molecular weight excluding hydrogens is 164 g/mol. The van der Waals surface area contributed by atoms with Gasteiger partial charge < -0.3 is 10.0 Å². The van der Waals surface area contributed by atoms with Crippen LogP contribution in [-0.2, 0) is 0 Å². The summed E-state index contributed by atoms with van der Waals surface area (Å²) in [5.41, 5.74) is 0. The molecule has 76 valence electrons. The van der Waals surface area contributed by atoms with Gasteiger partial charge in [-0.05, 0) is 32.4 Å². The summed E-state index contributed by atoms with van der Waals surface area (Å²) in [7, 11) is 0. The minimum atomic E-state index is 0.273. The SMILES string of the molecule is CCN(CCCO)CCCCC#N. The number of unbranched alkanes of at least 4 members (excludes halogenated alkanes) is 2. The fraction of sp³-hybridized carbons (Fsp3) is 0.900. The van der Waals surface area contributed by atoms with E-state index in [4.69, 9.17) is 10.4 Å². The van der Waals surface area contributed by atoms with Crippen molar-refractivity contribution in [3.63, 3.8) is 0 Å². The molecule has 13 heavy (non-hydrogen) atoms. The Labute approximate surface area is 81.0 Å². The van der Waals surface area contributed by atoms with E-state index in [-0.39, 0.29) is 6.61 Å². The van der Waals surface area contributed by atoms with Crippen molar-refractivity contribution >= 4 is 0 Å². The second-order valence-electron chi connectivity index (χ2n) is 3.13. The van der Waals surface area contributed by atoms with E-state index in [1.807, 2.05) is 0 Å².